The predicted molar refractivity (Wildman–Crippen MR) is 80.2 cm³/mol. The monoisotopic (exact) mass is 285 g/mol. The lowest BCUT2D eigenvalue weighted by atomic mass is 10.1. The lowest BCUT2D eigenvalue weighted by molar-refractivity contribution is 0.861. The SMILES string of the molecule is Cc1nsc(NC(C)c2ccc(-n3cccn3)cc2)n1. The summed E-state index contributed by atoms with van der Waals surface area (Å²) in [5.74, 6) is 0.804. The third-order valence-electron chi connectivity index (χ3n) is 3.03. The summed E-state index contributed by atoms with van der Waals surface area (Å²) < 4.78 is 6.01. The van der Waals surface area contributed by atoms with Crippen LogP contribution in [-0.4, -0.2) is 19.1 Å². The van der Waals surface area contributed by atoms with Gasteiger partial charge in [0, 0.05) is 23.9 Å². The predicted octanol–water partition coefficient (Wildman–Crippen LogP) is 3.21. The van der Waals surface area contributed by atoms with Crippen LogP contribution >= 0.6 is 11.5 Å². The van der Waals surface area contributed by atoms with Crippen molar-refractivity contribution in [3.63, 3.8) is 0 Å². The Balaban J connectivity index is 1.74. The summed E-state index contributed by atoms with van der Waals surface area (Å²) in [5, 5.41) is 8.42. The van der Waals surface area contributed by atoms with Gasteiger partial charge in [-0.2, -0.15) is 9.47 Å². The molecule has 0 radical (unpaired) electrons. The fourth-order valence-electron chi connectivity index (χ4n) is 1.96. The van der Waals surface area contributed by atoms with Gasteiger partial charge >= 0.3 is 0 Å². The summed E-state index contributed by atoms with van der Waals surface area (Å²) in [6.07, 6.45) is 3.70. The molecule has 1 unspecified atom stereocenters. The molecule has 1 aromatic carbocycles. The molecule has 3 rings (SSSR count). The van der Waals surface area contributed by atoms with E-state index < -0.39 is 0 Å². The molecule has 0 amide bonds. The Bertz CT molecular complexity index is 672. The molecule has 0 aliphatic heterocycles. The van der Waals surface area contributed by atoms with Gasteiger partial charge in [0.05, 0.1) is 11.7 Å². The van der Waals surface area contributed by atoms with Gasteiger partial charge in [-0.05, 0) is 37.6 Å². The van der Waals surface area contributed by atoms with E-state index in [1.165, 1.54) is 17.1 Å². The molecule has 20 heavy (non-hydrogen) atoms. The van der Waals surface area contributed by atoms with Crippen molar-refractivity contribution in [1.82, 2.24) is 19.1 Å². The number of aryl methyl sites for hydroxylation is 1. The summed E-state index contributed by atoms with van der Waals surface area (Å²) in [6.45, 7) is 4.00. The minimum Gasteiger partial charge on any atom is -0.354 e. The van der Waals surface area contributed by atoms with Gasteiger partial charge in [-0.15, -0.1) is 0 Å². The summed E-state index contributed by atoms with van der Waals surface area (Å²) in [7, 11) is 0. The van der Waals surface area contributed by atoms with Crippen LogP contribution in [-0.2, 0) is 0 Å². The average Bonchev–Trinajstić information content (AvgIpc) is 3.11. The summed E-state index contributed by atoms with van der Waals surface area (Å²) in [6, 6.07) is 10.4. The van der Waals surface area contributed by atoms with Crippen LogP contribution in [0.1, 0.15) is 24.4 Å². The molecule has 2 aromatic heterocycles. The standard InChI is InChI=1S/C14H15N5S/c1-10(16-14-17-11(2)18-20-14)12-4-6-13(7-5-12)19-9-3-8-15-19/h3-10H,1-2H3,(H,16,17,18). The zero-order chi connectivity index (χ0) is 13.9. The second-order valence-electron chi connectivity index (χ2n) is 4.55. The quantitative estimate of drug-likeness (QED) is 0.799. The van der Waals surface area contributed by atoms with Crippen LogP contribution in [0.25, 0.3) is 5.69 Å². The van der Waals surface area contributed by atoms with Gasteiger partial charge in [-0.3, -0.25) is 0 Å². The van der Waals surface area contributed by atoms with Crippen molar-refractivity contribution in [2.75, 3.05) is 5.32 Å². The van der Waals surface area contributed by atoms with Gasteiger partial charge in [0.15, 0.2) is 0 Å². The van der Waals surface area contributed by atoms with Crippen LogP contribution in [0.5, 0.6) is 0 Å². The van der Waals surface area contributed by atoms with Crippen molar-refractivity contribution < 1.29 is 0 Å². The zero-order valence-electron chi connectivity index (χ0n) is 11.3. The summed E-state index contributed by atoms with van der Waals surface area (Å²) in [4.78, 5) is 4.32. The maximum absolute atomic E-state index is 4.32. The number of hydrogen-bond donors (Lipinski definition) is 1. The van der Waals surface area contributed by atoms with Crippen molar-refractivity contribution >= 4 is 16.7 Å². The molecule has 6 heteroatoms. The van der Waals surface area contributed by atoms with E-state index >= 15 is 0 Å². The maximum atomic E-state index is 4.32. The zero-order valence-corrected chi connectivity index (χ0v) is 12.1. The summed E-state index contributed by atoms with van der Waals surface area (Å²) >= 11 is 1.39. The van der Waals surface area contributed by atoms with Gasteiger partial charge in [0.1, 0.15) is 5.82 Å². The smallest absolute Gasteiger partial charge is 0.203 e. The number of rotatable bonds is 4. The van der Waals surface area contributed by atoms with E-state index in [4.69, 9.17) is 0 Å². The number of benzene rings is 1. The molecule has 3 aromatic rings. The average molecular weight is 285 g/mol. The molecule has 102 valence electrons. The Labute approximate surface area is 121 Å². The highest BCUT2D eigenvalue weighted by molar-refractivity contribution is 7.09. The first-order valence-corrected chi connectivity index (χ1v) is 7.16. The first kappa shape index (κ1) is 12.8. The van der Waals surface area contributed by atoms with Gasteiger partial charge in [-0.25, -0.2) is 9.67 Å². The van der Waals surface area contributed by atoms with Crippen LogP contribution in [0.15, 0.2) is 42.7 Å². The topological polar surface area (TPSA) is 55.6 Å². The maximum Gasteiger partial charge on any atom is 0.203 e. The highest BCUT2D eigenvalue weighted by atomic mass is 32.1. The van der Waals surface area contributed by atoms with Crippen LogP contribution in [0.2, 0.25) is 0 Å². The highest BCUT2D eigenvalue weighted by Gasteiger charge is 2.08. The van der Waals surface area contributed by atoms with E-state index in [1.807, 2.05) is 23.9 Å². The minimum atomic E-state index is 0.189. The number of aromatic nitrogens is 4. The van der Waals surface area contributed by atoms with E-state index in [0.29, 0.717) is 0 Å². The third kappa shape index (κ3) is 2.70. The molecule has 0 aliphatic carbocycles. The largest absolute Gasteiger partial charge is 0.354 e. The molecule has 0 aliphatic rings. The highest BCUT2D eigenvalue weighted by Crippen LogP contribution is 2.21. The van der Waals surface area contributed by atoms with Gasteiger partial charge in [0.25, 0.3) is 0 Å². The fraction of sp³-hybridized carbons (Fsp3) is 0.214. The van der Waals surface area contributed by atoms with Crippen LogP contribution in [0, 0.1) is 6.92 Å². The van der Waals surface area contributed by atoms with Gasteiger partial charge in [-0.1, -0.05) is 12.1 Å². The molecule has 0 saturated heterocycles. The second-order valence-corrected chi connectivity index (χ2v) is 5.31. The number of anilines is 1. The van der Waals surface area contributed by atoms with E-state index in [9.17, 15) is 0 Å². The van der Waals surface area contributed by atoms with E-state index in [2.05, 4.69) is 51.0 Å². The van der Waals surface area contributed by atoms with Gasteiger partial charge in [0.2, 0.25) is 5.13 Å². The molecule has 0 spiro atoms. The first-order chi connectivity index (χ1) is 9.72. The van der Waals surface area contributed by atoms with Gasteiger partial charge < -0.3 is 5.32 Å². The van der Waals surface area contributed by atoms with Crippen molar-refractivity contribution in [1.29, 1.82) is 0 Å². The Hall–Kier alpha value is -2.21. The summed E-state index contributed by atoms with van der Waals surface area (Å²) in [5.41, 5.74) is 2.26. The van der Waals surface area contributed by atoms with Crippen molar-refractivity contribution in [3.05, 3.63) is 54.1 Å². The molecule has 1 atom stereocenters. The van der Waals surface area contributed by atoms with E-state index in [1.54, 1.807) is 6.20 Å². The van der Waals surface area contributed by atoms with Crippen molar-refractivity contribution in [2.45, 2.75) is 19.9 Å². The molecule has 0 saturated carbocycles. The number of hydrogen-bond acceptors (Lipinski definition) is 5. The molecule has 5 nitrogen and oxygen atoms in total. The molecular weight excluding hydrogens is 270 g/mol. The van der Waals surface area contributed by atoms with Crippen LogP contribution in [0.3, 0.4) is 0 Å². The second kappa shape index (κ2) is 5.42. The number of nitrogens with one attached hydrogen (secondary N) is 1. The minimum absolute atomic E-state index is 0.189. The third-order valence-corrected chi connectivity index (χ3v) is 3.77. The van der Waals surface area contributed by atoms with E-state index in [-0.39, 0.29) is 6.04 Å². The Morgan fingerprint density at radius 1 is 1.25 bits per heavy atom. The molecule has 0 bridgehead atoms. The normalized spacial score (nSPS) is 12.3. The molecule has 0 fully saturated rings. The lowest BCUT2D eigenvalue weighted by Gasteiger charge is -2.13. The lowest BCUT2D eigenvalue weighted by Crippen LogP contribution is -2.06. The molecule has 1 N–H and O–H groups in total. The fourth-order valence-corrected chi connectivity index (χ4v) is 2.62. The Morgan fingerprint density at radius 3 is 2.65 bits per heavy atom. The van der Waals surface area contributed by atoms with Crippen molar-refractivity contribution in [2.24, 2.45) is 0 Å². The first-order valence-electron chi connectivity index (χ1n) is 6.39. The number of nitrogens with zero attached hydrogens (tertiary/aromatic N) is 4. The molecule has 2 heterocycles. The Kier molecular flexibility index (Phi) is 3.47. The Morgan fingerprint density at radius 2 is 2.05 bits per heavy atom. The van der Waals surface area contributed by atoms with Crippen molar-refractivity contribution in [3.8, 4) is 5.69 Å². The van der Waals surface area contributed by atoms with Crippen LogP contribution in [0.4, 0.5) is 5.13 Å². The van der Waals surface area contributed by atoms with Crippen LogP contribution < -0.4 is 5.32 Å². The van der Waals surface area contributed by atoms with E-state index in [0.717, 1.165) is 16.6 Å². The molecular formula is C14H15N5S.